The van der Waals surface area contributed by atoms with Crippen LogP contribution in [0.4, 0.5) is 4.39 Å². The van der Waals surface area contributed by atoms with Crippen molar-refractivity contribution in [2.75, 3.05) is 6.54 Å². The molecule has 1 aromatic carbocycles. The Labute approximate surface area is 117 Å². The molecule has 1 N–H and O–H groups in total. The van der Waals surface area contributed by atoms with E-state index in [0.717, 1.165) is 24.2 Å². The summed E-state index contributed by atoms with van der Waals surface area (Å²) in [5.74, 6) is -0.377. The van der Waals surface area contributed by atoms with E-state index < -0.39 is 0 Å². The highest BCUT2D eigenvalue weighted by atomic mass is 35.5. The zero-order chi connectivity index (χ0) is 13.8. The topological polar surface area (TPSA) is 29.9 Å². The summed E-state index contributed by atoms with van der Waals surface area (Å²) in [5.41, 5.74) is 1.94. The van der Waals surface area contributed by atoms with E-state index in [1.165, 1.54) is 6.07 Å². The fourth-order valence-corrected chi connectivity index (χ4v) is 2.03. The summed E-state index contributed by atoms with van der Waals surface area (Å²) in [5, 5.41) is 7.81. The highest BCUT2D eigenvalue weighted by Crippen LogP contribution is 2.19. The summed E-state index contributed by atoms with van der Waals surface area (Å²) in [6.45, 7) is 2.80. The number of hydrogen-bond donors (Lipinski definition) is 1. The molecule has 0 bridgehead atoms. The van der Waals surface area contributed by atoms with Crippen LogP contribution in [0, 0.1) is 5.82 Å². The van der Waals surface area contributed by atoms with Gasteiger partial charge < -0.3 is 5.32 Å². The van der Waals surface area contributed by atoms with Crippen LogP contribution in [0.5, 0.6) is 0 Å². The van der Waals surface area contributed by atoms with E-state index in [-0.39, 0.29) is 16.9 Å². The summed E-state index contributed by atoms with van der Waals surface area (Å²) >= 11 is 5.67. The first-order chi connectivity index (χ1) is 9.06. The first-order valence-corrected chi connectivity index (χ1v) is 6.61. The van der Waals surface area contributed by atoms with Crippen molar-refractivity contribution in [1.29, 1.82) is 0 Å². The highest BCUT2D eigenvalue weighted by molar-refractivity contribution is 6.30. The third-order valence-corrected chi connectivity index (χ3v) is 3.35. The van der Waals surface area contributed by atoms with Crippen molar-refractivity contribution in [3.8, 4) is 0 Å². The number of nitrogens with one attached hydrogen (secondary N) is 1. The third kappa shape index (κ3) is 3.78. The number of hydrogen-bond acceptors (Lipinski definition) is 2. The Morgan fingerprint density at radius 3 is 2.84 bits per heavy atom. The van der Waals surface area contributed by atoms with Gasteiger partial charge in [-0.25, -0.2) is 4.39 Å². The minimum atomic E-state index is -0.377. The molecule has 0 aliphatic carbocycles. The molecule has 2 rings (SSSR count). The average molecular weight is 282 g/mol. The Hall–Kier alpha value is -1.39. The molecule has 0 amide bonds. The van der Waals surface area contributed by atoms with Gasteiger partial charge in [-0.1, -0.05) is 17.7 Å². The molecule has 1 aromatic heterocycles. The van der Waals surface area contributed by atoms with Crippen LogP contribution in [0.1, 0.15) is 24.2 Å². The minimum Gasteiger partial charge on any atom is -0.310 e. The second-order valence-electron chi connectivity index (χ2n) is 4.58. The summed E-state index contributed by atoms with van der Waals surface area (Å²) in [6, 6.07) is 6.97. The fraction of sp³-hybridized carbons (Fsp3) is 0.357. The normalized spacial score (nSPS) is 12.6. The first kappa shape index (κ1) is 14.0. The molecule has 0 aliphatic rings. The van der Waals surface area contributed by atoms with Crippen molar-refractivity contribution in [3.63, 3.8) is 0 Å². The first-order valence-electron chi connectivity index (χ1n) is 6.23. The molecular formula is C14H17ClFN3. The average Bonchev–Trinajstić information content (AvgIpc) is 2.78. The molecule has 19 heavy (non-hydrogen) atoms. The monoisotopic (exact) mass is 281 g/mol. The quantitative estimate of drug-likeness (QED) is 0.913. The second-order valence-corrected chi connectivity index (χ2v) is 4.99. The maximum absolute atomic E-state index is 13.4. The van der Waals surface area contributed by atoms with E-state index in [1.807, 2.05) is 32.3 Å². The van der Waals surface area contributed by atoms with Crippen LogP contribution in [-0.2, 0) is 13.5 Å². The van der Waals surface area contributed by atoms with E-state index in [4.69, 9.17) is 11.6 Å². The van der Waals surface area contributed by atoms with Crippen LogP contribution in [0.25, 0.3) is 0 Å². The van der Waals surface area contributed by atoms with E-state index in [2.05, 4.69) is 10.4 Å². The van der Waals surface area contributed by atoms with Crippen molar-refractivity contribution >= 4 is 11.6 Å². The summed E-state index contributed by atoms with van der Waals surface area (Å²) < 4.78 is 15.1. The number of halogens is 2. The highest BCUT2D eigenvalue weighted by Gasteiger charge is 2.08. The van der Waals surface area contributed by atoms with Gasteiger partial charge in [0.25, 0.3) is 0 Å². The van der Waals surface area contributed by atoms with Gasteiger partial charge in [-0.05, 0) is 30.7 Å². The van der Waals surface area contributed by atoms with E-state index in [9.17, 15) is 4.39 Å². The Balaban J connectivity index is 1.86. The van der Waals surface area contributed by atoms with Crippen molar-refractivity contribution in [1.82, 2.24) is 15.1 Å². The molecule has 0 fully saturated rings. The van der Waals surface area contributed by atoms with Gasteiger partial charge in [0.1, 0.15) is 5.82 Å². The molecular weight excluding hydrogens is 265 g/mol. The smallest absolute Gasteiger partial charge is 0.142 e. The van der Waals surface area contributed by atoms with E-state index in [0.29, 0.717) is 0 Å². The zero-order valence-corrected chi connectivity index (χ0v) is 11.8. The molecule has 102 valence electrons. The van der Waals surface area contributed by atoms with Crippen molar-refractivity contribution < 1.29 is 4.39 Å². The lowest BCUT2D eigenvalue weighted by molar-refractivity contribution is 0.563. The lowest BCUT2D eigenvalue weighted by Crippen LogP contribution is -2.21. The molecule has 5 heteroatoms. The van der Waals surface area contributed by atoms with Gasteiger partial charge in [0.15, 0.2) is 0 Å². The number of nitrogens with zero attached hydrogens (tertiary/aromatic N) is 2. The largest absolute Gasteiger partial charge is 0.310 e. The molecule has 1 unspecified atom stereocenters. The van der Waals surface area contributed by atoms with Crippen LogP contribution < -0.4 is 5.32 Å². The Morgan fingerprint density at radius 1 is 1.42 bits per heavy atom. The predicted molar refractivity (Wildman–Crippen MR) is 74.7 cm³/mol. The molecule has 1 atom stereocenters. The van der Waals surface area contributed by atoms with Gasteiger partial charge in [-0.2, -0.15) is 5.10 Å². The van der Waals surface area contributed by atoms with Crippen molar-refractivity contribution in [2.45, 2.75) is 19.4 Å². The lowest BCUT2D eigenvalue weighted by atomic mass is 10.1. The molecule has 0 saturated carbocycles. The standard InChI is InChI=1S/C14H17ClFN3/c1-10(11-3-4-13(15)14(16)9-11)17-7-5-12-6-8-19(2)18-12/h3-4,6,8-10,17H,5,7H2,1-2H3. The molecule has 0 aliphatic heterocycles. The number of rotatable bonds is 5. The van der Waals surface area contributed by atoms with Gasteiger partial charge in [0, 0.05) is 32.3 Å². The molecule has 0 radical (unpaired) electrons. The van der Waals surface area contributed by atoms with Gasteiger partial charge >= 0.3 is 0 Å². The van der Waals surface area contributed by atoms with Crippen LogP contribution in [0.3, 0.4) is 0 Å². The molecule has 2 aromatic rings. The summed E-state index contributed by atoms with van der Waals surface area (Å²) in [7, 11) is 1.90. The maximum atomic E-state index is 13.4. The van der Waals surface area contributed by atoms with Crippen LogP contribution in [0.2, 0.25) is 5.02 Å². The van der Waals surface area contributed by atoms with Crippen LogP contribution >= 0.6 is 11.6 Å². The van der Waals surface area contributed by atoms with Gasteiger partial charge in [0.05, 0.1) is 10.7 Å². The number of aromatic nitrogens is 2. The molecule has 0 spiro atoms. The van der Waals surface area contributed by atoms with Crippen molar-refractivity contribution in [3.05, 3.63) is 52.6 Å². The molecule has 3 nitrogen and oxygen atoms in total. The fourth-order valence-electron chi connectivity index (χ4n) is 1.91. The maximum Gasteiger partial charge on any atom is 0.142 e. The Bertz CT molecular complexity index is 553. The Kier molecular flexibility index (Phi) is 4.56. The molecule has 1 heterocycles. The lowest BCUT2D eigenvalue weighted by Gasteiger charge is -2.14. The Morgan fingerprint density at radius 2 is 2.21 bits per heavy atom. The van der Waals surface area contributed by atoms with E-state index >= 15 is 0 Å². The third-order valence-electron chi connectivity index (χ3n) is 3.04. The second kappa shape index (κ2) is 6.17. The number of aryl methyl sites for hydroxylation is 1. The number of benzene rings is 1. The van der Waals surface area contributed by atoms with Gasteiger partial charge in [0.2, 0.25) is 0 Å². The zero-order valence-electron chi connectivity index (χ0n) is 11.0. The predicted octanol–water partition coefficient (Wildman–Crippen LogP) is 3.11. The van der Waals surface area contributed by atoms with Crippen LogP contribution in [-0.4, -0.2) is 16.3 Å². The summed E-state index contributed by atoms with van der Waals surface area (Å²) in [6.07, 6.45) is 2.77. The minimum absolute atomic E-state index is 0.0791. The summed E-state index contributed by atoms with van der Waals surface area (Å²) in [4.78, 5) is 0. The van der Waals surface area contributed by atoms with E-state index in [1.54, 1.807) is 10.7 Å². The SMILES string of the molecule is CC(NCCc1ccn(C)n1)c1ccc(Cl)c(F)c1. The van der Waals surface area contributed by atoms with Gasteiger partial charge in [-0.3, -0.25) is 4.68 Å². The molecule has 0 saturated heterocycles. The van der Waals surface area contributed by atoms with Crippen LogP contribution in [0.15, 0.2) is 30.5 Å². The van der Waals surface area contributed by atoms with Crippen molar-refractivity contribution in [2.24, 2.45) is 7.05 Å². The van der Waals surface area contributed by atoms with Gasteiger partial charge in [-0.15, -0.1) is 0 Å².